The first kappa shape index (κ1) is 20.6. The summed E-state index contributed by atoms with van der Waals surface area (Å²) in [6, 6.07) is 15.0. The number of guanidine groups is 1. The van der Waals surface area contributed by atoms with Crippen molar-refractivity contribution >= 4 is 5.96 Å². The van der Waals surface area contributed by atoms with E-state index in [1.807, 2.05) is 12.1 Å². The van der Waals surface area contributed by atoms with Crippen LogP contribution in [0, 0.1) is 0 Å². The molecule has 2 aliphatic rings. The van der Waals surface area contributed by atoms with Gasteiger partial charge in [0.25, 0.3) is 0 Å². The number of rotatable bonds is 6. The topological polar surface area (TPSA) is 62.2 Å². The molecule has 7 heteroatoms. The molecule has 2 aliphatic heterocycles. The first-order valence-electron chi connectivity index (χ1n) is 10.7. The number of aromatic nitrogens is 1. The highest BCUT2D eigenvalue weighted by Gasteiger charge is 2.41. The van der Waals surface area contributed by atoms with Gasteiger partial charge in [0.05, 0.1) is 32.4 Å². The maximum Gasteiger partial charge on any atom is 0.213 e. The van der Waals surface area contributed by atoms with Crippen LogP contribution in [0.4, 0.5) is 0 Å². The zero-order valence-corrected chi connectivity index (χ0v) is 17.8. The van der Waals surface area contributed by atoms with E-state index in [0.29, 0.717) is 18.5 Å². The summed E-state index contributed by atoms with van der Waals surface area (Å²) in [5, 5.41) is 3.45. The lowest BCUT2D eigenvalue weighted by atomic mass is 10.1. The zero-order valence-electron chi connectivity index (χ0n) is 17.8. The summed E-state index contributed by atoms with van der Waals surface area (Å²) in [7, 11) is 1.63. The zero-order chi connectivity index (χ0) is 20.8. The van der Waals surface area contributed by atoms with Crippen molar-refractivity contribution in [2.45, 2.75) is 32.2 Å². The minimum absolute atomic E-state index is 0.215. The highest BCUT2D eigenvalue weighted by molar-refractivity contribution is 5.80. The number of methoxy groups -OCH3 is 1. The first-order valence-corrected chi connectivity index (χ1v) is 10.7. The highest BCUT2D eigenvalue weighted by atomic mass is 16.5. The van der Waals surface area contributed by atoms with Gasteiger partial charge in [-0.05, 0) is 24.1 Å². The molecule has 2 aromatic rings. The van der Waals surface area contributed by atoms with Gasteiger partial charge in [-0.3, -0.25) is 4.90 Å². The molecule has 1 aromatic heterocycles. The Hall–Kier alpha value is -2.64. The van der Waals surface area contributed by atoms with Gasteiger partial charge in [-0.1, -0.05) is 30.3 Å². The van der Waals surface area contributed by atoms with E-state index in [2.05, 4.69) is 57.4 Å². The number of likely N-dealkylation sites (tertiary alicyclic amines) is 1. The molecule has 2 unspecified atom stereocenters. The molecule has 1 N–H and O–H groups in total. The van der Waals surface area contributed by atoms with Gasteiger partial charge < -0.3 is 19.7 Å². The predicted octanol–water partition coefficient (Wildman–Crippen LogP) is 2.14. The average Bonchev–Trinajstić information content (AvgIpc) is 3.23. The van der Waals surface area contributed by atoms with Crippen LogP contribution in [0.3, 0.4) is 0 Å². The maximum absolute atomic E-state index is 6.13. The Morgan fingerprint density at radius 2 is 2.10 bits per heavy atom. The number of hydrogen-bond acceptors (Lipinski definition) is 5. The molecule has 3 heterocycles. The number of benzene rings is 1. The van der Waals surface area contributed by atoms with Gasteiger partial charge in [-0.15, -0.1) is 0 Å². The molecule has 160 valence electrons. The van der Waals surface area contributed by atoms with E-state index in [0.717, 1.165) is 50.9 Å². The number of hydrogen-bond donors (Lipinski definition) is 1. The number of aliphatic imine (C=N–C) groups is 1. The van der Waals surface area contributed by atoms with Crippen LogP contribution in [-0.2, 0) is 17.8 Å². The fourth-order valence-corrected chi connectivity index (χ4v) is 4.20. The fourth-order valence-electron chi connectivity index (χ4n) is 4.20. The molecule has 0 bridgehead atoms. The minimum atomic E-state index is 0.215. The Morgan fingerprint density at radius 3 is 2.90 bits per heavy atom. The third-order valence-electron chi connectivity index (χ3n) is 5.70. The Bertz CT molecular complexity index is 844. The van der Waals surface area contributed by atoms with Gasteiger partial charge >= 0.3 is 0 Å². The van der Waals surface area contributed by atoms with Gasteiger partial charge in [0.2, 0.25) is 5.88 Å². The average molecular weight is 410 g/mol. The molecule has 2 atom stereocenters. The van der Waals surface area contributed by atoms with Crippen molar-refractivity contribution < 1.29 is 9.47 Å². The third kappa shape index (κ3) is 4.91. The SMILES string of the molecule is CCNC(=NCc1ccnc(OC)c1)N1CC2OCCN(Cc3ccccc3)C2C1. The number of fused-ring (bicyclic) bond motifs is 1. The Kier molecular flexibility index (Phi) is 6.81. The van der Waals surface area contributed by atoms with Crippen LogP contribution in [0.15, 0.2) is 53.7 Å². The second-order valence-corrected chi connectivity index (χ2v) is 7.71. The fraction of sp³-hybridized carbons (Fsp3) is 0.478. The van der Waals surface area contributed by atoms with Crippen LogP contribution in [-0.4, -0.2) is 72.8 Å². The standard InChI is InChI=1S/C23H31N5O2/c1-3-24-23(26-14-19-9-10-25-22(13-19)29-2)28-16-20-21(17-28)30-12-11-27(20)15-18-7-5-4-6-8-18/h4-10,13,20-21H,3,11-12,14-17H2,1-2H3,(H,24,26). The van der Waals surface area contributed by atoms with E-state index in [-0.39, 0.29) is 6.10 Å². The van der Waals surface area contributed by atoms with E-state index < -0.39 is 0 Å². The molecule has 0 amide bonds. The Balaban J connectivity index is 1.45. The van der Waals surface area contributed by atoms with Crippen molar-refractivity contribution in [1.82, 2.24) is 20.1 Å². The van der Waals surface area contributed by atoms with E-state index >= 15 is 0 Å². The lowest BCUT2D eigenvalue weighted by Gasteiger charge is -2.36. The molecule has 0 aliphatic carbocycles. The Morgan fingerprint density at radius 1 is 1.23 bits per heavy atom. The molecule has 1 aromatic carbocycles. The molecule has 0 saturated carbocycles. The lowest BCUT2D eigenvalue weighted by molar-refractivity contribution is -0.0502. The molecule has 4 rings (SSSR count). The summed E-state index contributed by atoms with van der Waals surface area (Å²) in [5.74, 6) is 1.55. The smallest absolute Gasteiger partial charge is 0.213 e. The first-order chi connectivity index (χ1) is 14.8. The summed E-state index contributed by atoms with van der Waals surface area (Å²) in [6.07, 6.45) is 1.98. The summed E-state index contributed by atoms with van der Waals surface area (Å²) in [4.78, 5) is 13.9. The van der Waals surface area contributed by atoms with Crippen LogP contribution in [0.2, 0.25) is 0 Å². The summed E-state index contributed by atoms with van der Waals surface area (Å²) < 4.78 is 11.4. The number of ether oxygens (including phenoxy) is 2. The van der Waals surface area contributed by atoms with Crippen molar-refractivity contribution in [2.24, 2.45) is 4.99 Å². The lowest BCUT2D eigenvalue weighted by Crippen LogP contribution is -2.50. The number of nitrogens with one attached hydrogen (secondary N) is 1. The van der Waals surface area contributed by atoms with E-state index in [4.69, 9.17) is 14.5 Å². The monoisotopic (exact) mass is 409 g/mol. The quantitative estimate of drug-likeness (QED) is 0.583. The summed E-state index contributed by atoms with van der Waals surface area (Å²) >= 11 is 0. The molecule has 2 saturated heterocycles. The second-order valence-electron chi connectivity index (χ2n) is 7.71. The van der Waals surface area contributed by atoms with Crippen molar-refractivity contribution in [3.8, 4) is 5.88 Å². The predicted molar refractivity (Wildman–Crippen MR) is 118 cm³/mol. The van der Waals surface area contributed by atoms with Gasteiger partial charge in [0, 0.05) is 45.0 Å². The summed E-state index contributed by atoms with van der Waals surface area (Å²) in [5.41, 5.74) is 2.43. The molecule has 2 fully saturated rings. The van der Waals surface area contributed by atoms with Crippen LogP contribution < -0.4 is 10.1 Å². The Labute approximate surface area is 178 Å². The van der Waals surface area contributed by atoms with Crippen molar-refractivity contribution in [3.63, 3.8) is 0 Å². The van der Waals surface area contributed by atoms with Crippen LogP contribution in [0.1, 0.15) is 18.1 Å². The molecular formula is C23H31N5O2. The molecule has 30 heavy (non-hydrogen) atoms. The highest BCUT2D eigenvalue weighted by Crippen LogP contribution is 2.25. The summed E-state index contributed by atoms with van der Waals surface area (Å²) in [6.45, 7) is 8.02. The normalized spacial score (nSPS) is 22.1. The van der Waals surface area contributed by atoms with Gasteiger partial charge in [-0.25, -0.2) is 9.98 Å². The van der Waals surface area contributed by atoms with Gasteiger partial charge in [0.1, 0.15) is 0 Å². The van der Waals surface area contributed by atoms with Crippen LogP contribution in [0.25, 0.3) is 0 Å². The van der Waals surface area contributed by atoms with E-state index in [1.54, 1.807) is 13.3 Å². The van der Waals surface area contributed by atoms with Crippen molar-refractivity contribution in [2.75, 3.05) is 39.9 Å². The van der Waals surface area contributed by atoms with E-state index in [9.17, 15) is 0 Å². The third-order valence-corrected chi connectivity index (χ3v) is 5.70. The molecule has 7 nitrogen and oxygen atoms in total. The van der Waals surface area contributed by atoms with Gasteiger partial charge in [0.15, 0.2) is 5.96 Å². The number of morpholine rings is 1. The molecule has 0 spiro atoms. The van der Waals surface area contributed by atoms with E-state index in [1.165, 1.54) is 5.56 Å². The van der Waals surface area contributed by atoms with Crippen molar-refractivity contribution in [3.05, 3.63) is 59.8 Å². The van der Waals surface area contributed by atoms with Crippen molar-refractivity contribution in [1.29, 1.82) is 0 Å². The van der Waals surface area contributed by atoms with Crippen LogP contribution >= 0.6 is 0 Å². The van der Waals surface area contributed by atoms with Gasteiger partial charge in [-0.2, -0.15) is 0 Å². The number of pyridine rings is 1. The number of nitrogens with zero attached hydrogens (tertiary/aromatic N) is 4. The minimum Gasteiger partial charge on any atom is -0.481 e. The van der Waals surface area contributed by atoms with Crippen LogP contribution in [0.5, 0.6) is 5.88 Å². The molecule has 0 radical (unpaired) electrons. The second kappa shape index (κ2) is 9.91. The largest absolute Gasteiger partial charge is 0.481 e. The molecular weight excluding hydrogens is 378 g/mol. The maximum atomic E-state index is 6.13.